The molecular formula is C21H21N5. The zero-order chi connectivity index (χ0) is 17.9. The minimum absolute atomic E-state index is 0.450. The van der Waals surface area contributed by atoms with Crippen molar-refractivity contribution in [3.05, 3.63) is 84.2 Å². The first kappa shape index (κ1) is 16.3. The number of nitrogens with zero attached hydrogens (tertiary/aromatic N) is 3. The molecule has 0 radical (unpaired) electrons. The Balaban J connectivity index is 1.94. The van der Waals surface area contributed by atoms with Gasteiger partial charge in [0.1, 0.15) is 11.1 Å². The van der Waals surface area contributed by atoms with Gasteiger partial charge in [-0.3, -0.25) is 5.41 Å². The maximum Gasteiger partial charge on any atom is 0.146 e. The molecule has 5 nitrogen and oxygen atoms in total. The Kier molecular flexibility index (Phi) is 4.37. The van der Waals surface area contributed by atoms with Gasteiger partial charge in [0.05, 0.1) is 11.7 Å². The molecule has 0 spiro atoms. The maximum atomic E-state index is 8.68. The van der Waals surface area contributed by atoms with E-state index in [2.05, 4.69) is 40.0 Å². The van der Waals surface area contributed by atoms with Crippen LogP contribution < -0.4 is 11.2 Å². The van der Waals surface area contributed by atoms with Crippen molar-refractivity contribution in [1.29, 1.82) is 5.41 Å². The standard InChI is InChI=1S/C21H21N5/c22-11-12-25-15-24-21-19(20(25)23)18(17-9-5-2-6-10-17)14-26(21)13-16-7-3-1-4-8-16/h1-10,14-15,23H,11-13,22H2. The third-order valence-corrected chi connectivity index (χ3v) is 4.54. The average Bonchev–Trinajstić information content (AvgIpc) is 3.05. The van der Waals surface area contributed by atoms with E-state index in [0.717, 1.165) is 28.7 Å². The molecule has 0 atom stereocenters. The smallest absolute Gasteiger partial charge is 0.146 e. The van der Waals surface area contributed by atoms with Gasteiger partial charge in [-0.1, -0.05) is 60.7 Å². The van der Waals surface area contributed by atoms with E-state index in [-0.39, 0.29) is 0 Å². The highest BCUT2D eigenvalue weighted by molar-refractivity contribution is 5.93. The molecule has 2 heterocycles. The van der Waals surface area contributed by atoms with Crippen molar-refractivity contribution < 1.29 is 0 Å². The van der Waals surface area contributed by atoms with Gasteiger partial charge in [-0.05, 0) is 11.1 Å². The Labute approximate surface area is 151 Å². The number of hydrogen-bond donors (Lipinski definition) is 2. The van der Waals surface area contributed by atoms with Crippen LogP contribution in [0, 0.1) is 5.41 Å². The summed E-state index contributed by atoms with van der Waals surface area (Å²) < 4.78 is 3.93. The summed E-state index contributed by atoms with van der Waals surface area (Å²) in [5.74, 6) is 0. The molecule has 5 heteroatoms. The fraction of sp³-hybridized carbons (Fsp3) is 0.143. The van der Waals surface area contributed by atoms with Gasteiger partial charge in [-0.15, -0.1) is 0 Å². The highest BCUT2D eigenvalue weighted by Gasteiger charge is 2.15. The first-order chi connectivity index (χ1) is 12.8. The van der Waals surface area contributed by atoms with Crippen molar-refractivity contribution in [2.45, 2.75) is 13.1 Å². The predicted octanol–water partition coefficient (Wildman–Crippen LogP) is 2.99. The minimum Gasteiger partial charge on any atom is -0.329 e. The van der Waals surface area contributed by atoms with Gasteiger partial charge in [0.15, 0.2) is 0 Å². The molecule has 0 bridgehead atoms. The number of benzene rings is 2. The van der Waals surface area contributed by atoms with Crippen LogP contribution in [-0.4, -0.2) is 20.7 Å². The molecule has 0 saturated heterocycles. The highest BCUT2D eigenvalue weighted by atomic mass is 15.1. The fourth-order valence-electron chi connectivity index (χ4n) is 3.29. The molecule has 0 amide bonds. The molecule has 26 heavy (non-hydrogen) atoms. The van der Waals surface area contributed by atoms with Crippen LogP contribution in [0.1, 0.15) is 5.56 Å². The van der Waals surface area contributed by atoms with Gasteiger partial charge >= 0.3 is 0 Å². The molecule has 0 unspecified atom stereocenters. The van der Waals surface area contributed by atoms with E-state index in [9.17, 15) is 0 Å². The largest absolute Gasteiger partial charge is 0.329 e. The highest BCUT2D eigenvalue weighted by Crippen LogP contribution is 2.27. The van der Waals surface area contributed by atoms with Gasteiger partial charge in [0, 0.05) is 31.4 Å². The summed E-state index contributed by atoms with van der Waals surface area (Å²) in [7, 11) is 0. The average molecular weight is 343 g/mol. The summed E-state index contributed by atoms with van der Waals surface area (Å²) in [4.78, 5) is 4.65. The second kappa shape index (κ2) is 6.98. The van der Waals surface area contributed by atoms with E-state index in [0.29, 0.717) is 18.6 Å². The Morgan fingerprint density at radius 2 is 1.62 bits per heavy atom. The van der Waals surface area contributed by atoms with Crippen molar-refractivity contribution in [2.75, 3.05) is 6.54 Å². The van der Waals surface area contributed by atoms with Gasteiger partial charge in [0.2, 0.25) is 0 Å². The zero-order valence-electron chi connectivity index (χ0n) is 14.5. The molecule has 0 saturated carbocycles. The molecular weight excluding hydrogens is 322 g/mol. The Bertz CT molecular complexity index is 1080. The summed E-state index contributed by atoms with van der Waals surface area (Å²) in [6, 6.07) is 20.5. The van der Waals surface area contributed by atoms with Crippen LogP contribution >= 0.6 is 0 Å². The van der Waals surface area contributed by atoms with E-state index >= 15 is 0 Å². The van der Waals surface area contributed by atoms with E-state index in [1.165, 1.54) is 5.56 Å². The van der Waals surface area contributed by atoms with Crippen molar-refractivity contribution in [3.63, 3.8) is 0 Å². The molecule has 0 fully saturated rings. The van der Waals surface area contributed by atoms with Gasteiger partial charge in [-0.2, -0.15) is 0 Å². The lowest BCUT2D eigenvalue weighted by Crippen LogP contribution is -2.24. The Morgan fingerprint density at radius 1 is 0.923 bits per heavy atom. The third-order valence-electron chi connectivity index (χ3n) is 4.54. The Hall–Kier alpha value is -3.18. The number of nitrogens with one attached hydrogen (secondary N) is 1. The summed E-state index contributed by atoms with van der Waals surface area (Å²) in [6.07, 6.45) is 3.82. The molecule has 130 valence electrons. The van der Waals surface area contributed by atoms with E-state index in [1.54, 1.807) is 6.33 Å². The fourth-order valence-corrected chi connectivity index (χ4v) is 3.29. The van der Waals surface area contributed by atoms with Gasteiger partial charge < -0.3 is 14.9 Å². The number of nitrogens with two attached hydrogens (primary N) is 1. The van der Waals surface area contributed by atoms with Crippen molar-refractivity contribution in [1.82, 2.24) is 14.1 Å². The van der Waals surface area contributed by atoms with Crippen LogP contribution in [0.4, 0.5) is 0 Å². The van der Waals surface area contributed by atoms with E-state index in [1.807, 2.05) is 41.0 Å². The van der Waals surface area contributed by atoms with Crippen LogP contribution in [0.3, 0.4) is 0 Å². The second-order valence-corrected chi connectivity index (χ2v) is 6.30. The number of rotatable bonds is 5. The van der Waals surface area contributed by atoms with Crippen LogP contribution in [0.2, 0.25) is 0 Å². The lowest BCUT2D eigenvalue weighted by atomic mass is 10.1. The molecule has 2 aromatic heterocycles. The van der Waals surface area contributed by atoms with E-state index in [4.69, 9.17) is 11.1 Å². The second-order valence-electron chi connectivity index (χ2n) is 6.30. The molecule has 4 rings (SSSR count). The topological polar surface area (TPSA) is 72.6 Å². The third kappa shape index (κ3) is 2.93. The van der Waals surface area contributed by atoms with Gasteiger partial charge in [0.25, 0.3) is 0 Å². The summed E-state index contributed by atoms with van der Waals surface area (Å²) in [5.41, 5.74) is 10.3. The summed E-state index contributed by atoms with van der Waals surface area (Å²) >= 11 is 0. The molecule has 0 aliphatic carbocycles. The number of hydrogen-bond acceptors (Lipinski definition) is 3. The first-order valence-corrected chi connectivity index (χ1v) is 8.70. The minimum atomic E-state index is 0.450. The van der Waals surface area contributed by atoms with Crippen LogP contribution in [0.15, 0.2) is 73.2 Å². The van der Waals surface area contributed by atoms with Crippen molar-refractivity contribution >= 4 is 11.0 Å². The van der Waals surface area contributed by atoms with Crippen LogP contribution in [-0.2, 0) is 13.1 Å². The molecule has 0 aliphatic heterocycles. The summed E-state index contributed by atoms with van der Waals surface area (Å²) in [5, 5.41) is 9.54. The Morgan fingerprint density at radius 3 is 2.31 bits per heavy atom. The molecule has 0 aliphatic rings. The number of aromatic nitrogens is 3. The van der Waals surface area contributed by atoms with Crippen molar-refractivity contribution in [2.24, 2.45) is 5.73 Å². The summed E-state index contributed by atoms with van der Waals surface area (Å²) in [6.45, 7) is 1.78. The van der Waals surface area contributed by atoms with Crippen molar-refractivity contribution in [3.8, 4) is 11.1 Å². The quantitative estimate of drug-likeness (QED) is 0.585. The van der Waals surface area contributed by atoms with Crippen LogP contribution in [0.25, 0.3) is 22.2 Å². The van der Waals surface area contributed by atoms with E-state index < -0.39 is 0 Å². The van der Waals surface area contributed by atoms with Gasteiger partial charge in [-0.25, -0.2) is 4.98 Å². The maximum absolute atomic E-state index is 8.68. The predicted molar refractivity (Wildman–Crippen MR) is 104 cm³/mol. The first-order valence-electron chi connectivity index (χ1n) is 8.70. The monoisotopic (exact) mass is 343 g/mol. The zero-order valence-corrected chi connectivity index (χ0v) is 14.5. The lowest BCUT2D eigenvalue weighted by molar-refractivity contribution is 0.654. The molecule has 2 aromatic carbocycles. The normalized spacial score (nSPS) is 11.1. The lowest BCUT2D eigenvalue weighted by Gasteiger charge is -2.08. The van der Waals surface area contributed by atoms with Crippen LogP contribution in [0.5, 0.6) is 0 Å². The molecule has 4 aromatic rings. The SMILES string of the molecule is N=c1c2c(-c3ccccc3)cn(Cc3ccccc3)c2ncn1CCN. The molecule has 3 N–H and O–H groups in total. The number of fused-ring (bicyclic) bond motifs is 1.